The van der Waals surface area contributed by atoms with E-state index in [-0.39, 0.29) is 0 Å². The maximum atomic E-state index is 5.65. The Morgan fingerprint density at radius 1 is 1.29 bits per heavy atom. The van der Waals surface area contributed by atoms with Gasteiger partial charge in [0.05, 0.1) is 6.61 Å². The number of alkyl halides is 1. The number of hydrogen-bond donors (Lipinski definition) is 0. The normalized spacial score (nSPS) is 16.9. The smallest absolute Gasteiger partial charge is 0.122 e. The van der Waals surface area contributed by atoms with Crippen LogP contribution < -0.4 is 4.74 Å². The Kier molecular flexibility index (Phi) is 4.13. The predicted octanol–water partition coefficient (Wildman–Crippen LogP) is 4.59. The fourth-order valence-electron chi connectivity index (χ4n) is 2.48. The Balaban J connectivity index is 2.30. The number of aryl methyl sites for hydroxylation is 2. The summed E-state index contributed by atoms with van der Waals surface area (Å²) in [5.74, 6) is 2.62. The highest BCUT2D eigenvalue weighted by molar-refractivity contribution is 9.09. The third-order valence-corrected chi connectivity index (χ3v) is 4.32. The zero-order chi connectivity index (χ0) is 12.4. The first kappa shape index (κ1) is 12.9. The molecule has 1 aliphatic rings. The molecule has 1 aliphatic carbocycles. The standard InChI is InChI=1S/C15H21BrO/c1-4-17-15-8-10(2)13(7-11(15)3)14(9-16)12-5-6-12/h7-8,12,14H,4-6,9H2,1-3H3. The van der Waals surface area contributed by atoms with Crippen molar-refractivity contribution in [2.24, 2.45) is 5.92 Å². The summed E-state index contributed by atoms with van der Waals surface area (Å²) in [7, 11) is 0. The topological polar surface area (TPSA) is 9.23 Å². The highest BCUT2D eigenvalue weighted by atomic mass is 79.9. The van der Waals surface area contributed by atoms with E-state index >= 15 is 0 Å². The molecule has 1 atom stereocenters. The van der Waals surface area contributed by atoms with Crippen LogP contribution in [0.1, 0.15) is 42.4 Å². The Morgan fingerprint density at radius 3 is 2.53 bits per heavy atom. The van der Waals surface area contributed by atoms with E-state index in [1.807, 2.05) is 6.92 Å². The number of benzene rings is 1. The molecule has 1 saturated carbocycles. The van der Waals surface area contributed by atoms with Crippen molar-refractivity contribution in [2.75, 3.05) is 11.9 Å². The highest BCUT2D eigenvalue weighted by Gasteiger charge is 2.32. The van der Waals surface area contributed by atoms with Gasteiger partial charge in [0, 0.05) is 5.33 Å². The summed E-state index contributed by atoms with van der Waals surface area (Å²) in [5, 5.41) is 1.08. The molecule has 0 amide bonds. The van der Waals surface area contributed by atoms with Crippen molar-refractivity contribution in [2.45, 2.75) is 39.5 Å². The first-order chi connectivity index (χ1) is 8.17. The van der Waals surface area contributed by atoms with E-state index in [1.165, 1.54) is 29.5 Å². The molecular formula is C15H21BrO. The molecule has 0 saturated heterocycles. The second-order valence-corrected chi connectivity index (χ2v) is 5.65. The summed E-state index contributed by atoms with van der Waals surface area (Å²) < 4.78 is 5.65. The van der Waals surface area contributed by atoms with Gasteiger partial charge in [0.1, 0.15) is 5.75 Å². The van der Waals surface area contributed by atoms with Crippen molar-refractivity contribution in [1.29, 1.82) is 0 Å². The molecule has 0 spiro atoms. The second kappa shape index (κ2) is 5.43. The molecule has 0 heterocycles. The lowest BCUT2D eigenvalue weighted by molar-refractivity contribution is 0.337. The third-order valence-electron chi connectivity index (χ3n) is 3.62. The molecule has 1 nitrogen and oxygen atoms in total. The van der Waals surface area contributed by atoms with Gasteiger partial charge in [-0.3, -0.25) is 0 Å². The Labute approximate surface area is 113 Å². The van der Waals surface area contributed by atoms with E-state index in [0.717, 1.165) is 23.6 Å². The van der Waals surface area contributed by atoms with Crippen LogP contribution in [0.3, 0.4) is 0 Å². The van der Waals surface area contributed by atoms with Crippen molar-refractivity contribution in [1.82, 2.24) is 0 Å². The zero-order valence-electron chi connectivity index (χ0n) is 10.9. The van der Waals surface area contributed by atoms with Gasteiger partial charge in [-0.05, 0) is 68.2 Å². The molecule has 0 N–H and O–H groups in total. The summed E-state index contributed by atoms with van der Waals surface area (Å²) >= 11 is 3.67. The summed E-state index contributed by atoms with van der Waals surface area (Å²) in [6, 6.07) is 4.52. The van der Waals surface area contributed by atoms with Crippen LogP contribution in [0.25, 0.3) is 0 Å². The van der Waals surface area contributed by atoms with Crippen molar-refractivity contribution in [3.8, 4) is 5.75 Å². The summed E-state index contributed by atoms with van der Waals surface area (Å²) in [5.41, 5.74) is 4.14. The van der Waals surface area contributed by atoms with Crippen LogP contribution in [0.15, 0.2) is 12.1 Å². The molecule has 0 aromatic heterocycles. The minimum absolute atomic E-state index is 0.685. The molecule has 2 rings (SSSR count). The lowest BCUT2D eigenvalue weighted by atomic mass is 9.91. The average Bonchev–Trinajstić information content (AvgIpc) is 3.10. The lowest BCUT2D eigenvalue weighted by Crippen LogP contribution is -2.06. The van der Waals surface area contributed by atoms with Crippen molar-refractivity contribution in [3.05, 3.63) is 28.8 Å². The van der Waals surface area contributed by atoms with E-state index in [4.69, 9.17) is 4.74 Å². The highest BCUT2D eigenvalue weighted by Crippen LogP contribution is 2.45. The fraction of sp³-hybridized carbons (Fsp3) is 0.600. The first-order valence-corrected chi connectivity index (χ1v) is 7.59. The second-order valence-electron chi connectivity index (χ2n) is 5.01. The van der Waals surface area contributed by atoms with Gasteiger partial charge in [0.15, 0.2) is 0 Å². The molecule has 0 radical (unpaired) electrons. The van der Waals surface area contributed by atoms with Crippen LogP contribution in [0, 0.1) is 19.8 Å². The van der Waals surface area contributed by atoms with E-state index < -0.39 is 0 Å². The molecule has 2 heteroatoms. The van der Waals surface area contributed by atoms with E-state index in [9.17, 15) is 0 Å². The monoisotopic (exact) mass is 296 g/mol. The maximum absolute atomic E-state index is 5.65. The number of ether oxygens (including phenoxy) is 1. The Morgan fingerprint density at radius 2 is 2.00 bits per heavy atom. The average molecular weight is 297 g/mol. The third kappa shape index (κ3) is 2.85. The van der Waals surface area contributed by atoms with E-state index in [1.54, 1.807) is 0 Å². The number of rotatable bonds is 5. The fourth-order valence-corrected chi connectivity index (χ4v) is 3.36. The van der Waals surface area contributed by atoms with Crippen LogP contribution in [0.4, 0.5) is 0 Å². The quantitative estimate of drug-likeness (QED) is 0.722. The molecular weight excluding hydrogens is 276 g/mol. The molecule has 0 bridgehead atoms. The molecule has 1 unspecified atom stereocenters. The van der Waals surface area contributed by atoms with Crippen LogP contribution in [-0.4, -0.2) is 11.9 Å². The molecule has 1 aromatic rings. The first-order valence-electron chi connectivity index (χ1n) is 6.47. The van der Waals surface area contributed by atoms with Crippen LogP contribution in [0.2, 0.25) is 0 Å². The lowest BCUT2D eigenvalue weighted by Gasteiger charge is -2.19. The van der Waals surface area contributed by atoms with Crippen molar-refractivity contribution < 1.29 is 4.74 Å². The largest absolute Gasteiger partial charge is 0.494 e. The van der Waals surface area contributed by atoms with Crippen LogP contribution >= 0.6 is 15.9 Å². The summed E-state index contributed by atoms with van der Waals surface area (Å²) in [4.78, 5) is 0. The van der Waals surface area contributed by atoms with Gasteiger partial charge < -0.3 is 4.74 Å². The van der Waals surface area contributed by atoms with Crippen molar-refractivity contribution >= 4 is 15.9 Å². The summed E-state index contributed by atoms with van der Waals surface area (Å²) in [6.45, 7) is 7.12. The van der Waals surface area contributed by atoms with Crippen LogP contribution in [0.5, 0.6) is 5.75 Å². The van der Waals surface area contributed by atoms with Gasteiger partial charge in [-0.15, -0.1) is 0 Å². The van der Waals surface area contributed by atoms with Gasteiger partial charge in [-0.1, -0.05) is 22.0 Å². The van der Waals surface area contributed by atoms with Gasteiger partial charge in [0.25, 0.3) is 0 Å². The number of hydrogen-bond acceptors (Lipinski definition) is 1. The van der Waals surface area contributed by atoms with Gasteiger partial charge in [-0.2, -0.15) is 0 Å². The summed E-state index contributed by atoms with van der Waals surface area (Å²) in [6.07, 6.45) is 2.78. The molecule has 0 aliphatic heterocycles. The van der Waals surface area contributed by atoms with E-state index in [2.05, 4.69) is 41.9 Å². The van der Waals surface area contributed by atoms with E-state index in [0.29, 0.717) is 5.92 Å². The maximum Gasteiger partial charge on any atom is 0.122 e. The van der Waals surface area contributed by atoms with Gasteiger partial charge >= 0.3 is 0 Å². The van der Waals surface area contributed by atoms with Crippen molar-refractivity contribution in [3.63, 3.8) is 0 Å². The SMILES string of the molecule is CCOc1cc(C)c(C(CBr)C2CC2)cc1C. The number of halogens is 1. The molecule has 1 aromatic carbocycles. The van der Waals surface area contributed by atoms with Gasteiger partial charge in [0.2, 0.25) is 0 Å². The Bertz CT molecular complexity index is 396. The Hall–Kier alpha value is -0.500. The minimum Gasteiger partial charge on any atom is -0.494 e. The molecule has 1 fully saturated rings. The van der Waals surface area contributed by atoms with Gasteiger partial charge in [-0.25, -0.2) is 0 Å². The molecule has 94 valence electrons. The predicted molar refractivity (Wildman–Crippen MR) is 76.3 cm³/mol. The minimum atomic E-state index is 0.685. The zero-order valence-corrected chi connectivity index (χ0v) is 12.5. The van der Waals surface area contributed by atoms with Crippen LogP contribution in [-0.2, 0) is 0 Å². The molecule has 17 heavy (non-hydrogen) atoms.